The minimum Gasteiger partial charge on any atom is -0.478 e. The maximum atomic E-state index is 11.7. The third-order valence-electron chi connectivity index (χ3n) is 2.72. The van der Waals surface area contributed by atoms with Crippen LogP contribution in [0.3, 0.4) is 0 Å². The second kappa shape index (κ2) is 4.89. The number of imide groups is 1. The van der Waals surface area contributed by atoms with Crippen molar-refractivity contribution in [3.05, 3.63) is 28.2 Å². The van der Waals surface area contributed by atoms with Crippen molar-refractivity contribution < 1.29 is 19.5 Å². The molecule has 1 heterocycles. The summed E-state index contributed by atoms with van der Waals surface area (Å²) in [6, 6.07) is 4.22. The molecular formula is C12H10BrNO4. The van der Waals surface area contributed by atoms with Gasteiger partial charge in [0.05, 0.1) is 11.3 Å². The summed E-state index contributed by atoms with van der Waals surface area (Å²) in [5.74, 6) is -1.57. The van der Waals surface area contributed by atoms with E-state index in [0.717, 1.165) is 4.90 Å². The molecule has 1 aromatic rings. The molecule has 1 saturated heterocycles. The number of hydrogen-bond acceptors (Lipinski definition) is 3. The van der Waals surface area contributed by atoms with E-state index in [9.17, 15) is 14.4 Å². The number of rotatable bonds is 2. The van der Waals surface area contributed by atoms with E-state index in [2.05, 4.69) is 15.9 Å². The number of hydrogen-bond donors (Lipinski definition) is 1. The van der Waals surface area contributed by atoms with Gasteiger partial charge in [-0.3, -0.25) is 9.59 Å². The molecule has 0 atom stereocenters. The number of carbonyl (C=O) groups excluding carboxylic acids is 2. The van der Waals surface area contributed by atoms with Crippen molar-refractivity contribution in [2.24, 2.45) is 0 Å². The van der Waals surface area contributed by atoms with Crippen LogP contribution in [-0.2, 0) is 9.59 Å². The van der Waals surface area contributed by atoms with E-state index in [1.54, 1.807) is 0 Å². The second-order valence-electron chi connectivity index (χ2n) is 3.95. The fraction of sp³-hybridized carbons (Fsp3) is 0.250. The number of carbonyl (C=O) groups is 3. The lowest BCUT2D eigenvalue weighted by atomic mass is 10.1. The zero-order valence-electron chi connectivity index (χ0n) is 9.35. The maximum Gasteiger partial charge on any atom is 0.335 e. The van der Waals surface area contributed by atoms with E-state index in [1.165, 1.54) is 18.2 Å². The standard InChI is InChI=1S/C12H10BrNO4/c13-8-6-7(12(17)18)4-5-9(8)14-10(15)2-1-3-11(14)16/h4-6H,1-3H2,(H,17,18). The first-order valence-corrected chi connectivity index (χ1v) is 6.18. The quantitative estimate of drug-likeness (QED) is 0.850. The number of carboxylic acid groups (broad SMARTS) is 1. The average molecular weight is 312 g/mol. The van der Waals surface area contributed by atoms with Gasteiger partial charge in [0.1, 0.15) is 0 Å². The van der Waals surface area contributed by atoms with Crippen LogP contribution in [0.1, 0.15) is 29.6 Å². The summed E-state index contributed by atoms with van der Waals surface area (Å²) in [7, 11) is 0. The maximum absolute atomic E-state index is 11.7. The third kappa shape index (κ3) is 2.28. The summed E-state index contributed by atoms with van der Waals surface area (Å²) in [5, 5.41) is 8.85. The van der Waals surface area contributed by atoms with E-state index >= 15 is 0 Å². The van der Waals surface area contributed by atoms with Crippen molar-refractivity contribution in [1.82, 2.24) is 0 Å². The van der Waals surface area contributed by atoms with Crippen LogP contribution in [0.15, 0.2) is 22.7 Å². The highest BCUT2D eigenvalue weighted by atomic mass is 79.9. The predicted molar refractivity (Wildman–Crippen MR) is 67.4 cm³/mol. The lowest BCUT2D eigenvalue weighted by molar-refractivity contribution is -0.129. The number of piperidine rings is 1. The zero-order chi connectivity index (χ0) is 13.3. The van der Waals surface area contributed by atoms with E-state index in [0.29, 0.717) is 29.4 Å². The first-order chi connectivity index (χ1) is 8.50. The van der Waals surface area contributed by atoms with Crippen LogP contribution in [-0.4, -0.2) is 22.9 Å². The lowest BCUT2D eigenvalue weighted by Gasteiger charge is -2.25. The molecule has 2 rings (SSSR count). The minimum atomic E-state index is -1.06. The molecule has 5 nitrogen and oxygen atoms in total. The summed E-state index contributed by atoms with van der Waals surface area (Å²) >= 11 is 3.20. The minimum absolute atomic E-state index is 0.0996. The molecule has 0 radical (unpaired) electrons. The summed E-state index contributed by atoms with van der Waals surface area (Å²) in [5.41, 5.74) is 0.497. The Bertz CT molecular complexity index is 525. The number of halogens is 1. The van der Waals surface area contributed by atoms with Crippen molar-refractivity contribution in [2.75, 3.05) is 4.90 Å². The number of benzene rings is 1. The van der Waals surface area contributed by atoms with Gasteiger partial charge in [0.25, 0.3) is 0 Å². The van der Waals surface area contributed by atoms with Crippen LogP contribution < -0.4 is 4.90 Å². The fourth-order valence-electron chi connectivity index (χ4n) is 1.84. The molecule has 2 amide bonds. The Morgan fingerprint density at radius 1 is 1.22 bits per heavy atom. The third-order valence-corrected chi connectivity index (χ3v) is 3.35. The molecule has 18 heavy (non-hydrogen) atoms. The molecule has 1 aliphatic heterocycles. The van der Waals surface area contributed by atoms with E-state index in [-0.39, 0.29) is 17.4 Å². The number of nitrogens with zero attached hydrogens (tertiary/aromatic N) is 1. The van der Waals surface area contributed by atoms with Gasteiger partial charge in [-0.1, -0.05) is 0 Å². The Balaban J connectivity index is 2.41. The second-order valence-corrected chi connectivity index (χ2v) is 4.80. The molecule has 0 unspecified atom stereocenters. The van der Waals surface area contributed by atoms with Gasteiger partial charge in [-0.15, -0.1) is 0 Å². The molecule has 1 aromatic carbocycles. The zero-order valence-corrected chi connectivity index (χ0v) is 10.9. The van der Waals surface area contributed by atoms with Gasteiger partial charge < -0.3 is 5.11 Å². The Labute approximate surface area is 112 Å². The van der Waals surface area contributed by atoms with Crippen LogP contribution in [0.4, 0.5) is 5.69 Å². The Hall–Kier alpha value is -1.69. The van der Waals surface area contributed by atoms with Crippen LogP contribution in [0.5, 0.6) is 0 Å². The molecular weight excluding hydrogens is 302 g/mol. The van der Waals surface area contributed by atoms with Crippen LogP contribution in [0, 0.1) is 0 Å². The molecule has 0 aromatic heterocycles. The molecule has 0 bridgehead atoms. The SMILES string of the molecule is O=C(O)c1ccc(N2C(=O)CCCC2=O)c(Br)c1. The van der Waals surface area contributed by atoms with Gasteiger partial charge in [0, 0.05) is 17.3 Å². The van der Waals surface area contributed by atoms with Gasteiger partial charge >= 0.3 is 5.97 Å². The molecule has 6 heteroatoms. The molecule has 94 valence electrons. The number of amides is 2. The lowest BCUT2D eigenvalue weighted by Crippen LogP contribution is -2.40. The van der Waals surface area contributed by atoms with Gasteiger partial charge in [0.2, 0.25) is 11.8 Å². The highest BCUT2D eigenvalue weighted by Crippen LogP contribution is 2.30. The normalized spacial score (nSPS) is 15.9. The van der Waals surface area contributed by atoms with Crippen molar-refractivity contribution in [2.45, 2.75) is 19.3 Å². The van der Waals surface area contributed by atoms with Gasteiger partial charge in [-0.05, 0) is 40.5 Å². The highest BCUT2D eigenvalue weighted by Gasteiger charge is 2.28. The fourth-order valence-corrected chi connectivity index (χ4v) is 2.40. The summed E-state index contributed by atoms with van der Waals surface area (Å²) in [6.07, 6.45) is 1.23. The van der Waals surface area contributed by atoms with E-state index < -0.39 is 5.97 Å². The Kier molecular flexibility index (Phi) is 3.47. The van der Waals surface area contributed by atoms with Crippen LogP contribution in [0.2, 0.25) is 0 Å². The average Bonchev–Trinajstić information content (AvgIpc) is 2.30. The molecule has 0 aliphatic carbocycles. The van der Waals surface area contributed by atoms with Crippen molar-refractivity contribution >= 4 is 39.4 Å². The number of anilines is 1. The first kappa shape index (κ1) is 12.8. The number of carboxylic acids is 1. The Morgan fingerprint density at radius 2 is 1.83 bits per heavy atom. The molecule has 0 spiro atoms. The topological polar surface area (TPSA) is 74.7 Å². The summed E-state index contributed by atoms with van der Waals surface area (Å²) in [6.45, 7) is 0. The molecule has 1 N–H and O–H groups in total. The predicted octanol–water partition coefficient (Wildman–Crippen LogP) is 2.19. The molecule has 1 aliphatic rings. The van der Waals surface area contributed by atoms with Crippen LogP contribution in [0.25, 0.3) is 0 Å². The largest absolute Gasteiger partial charge is 0.478 e. The highest BCUT2D eigenvalue weighted by molar-refractivity contribution is 9.10. The van der Waals surface area contributed by atoms with Gasteiger partial charge in [-0.2, -0.15) is 0 Å². The molecule has 0 saturated carbocycles. The monoisotopic (exact) mass is 311 g/mol. The van der Waals surface area contributed by atoms with Crippen molar-refractivity contribution in [1.29, 1.82) is 0 Å². The van der Waals surface area contributed by atoms with E-state index in [4.69, 9.17) is 5.11 Å². The molecule has 1 fully saturated rings. The Morgan fingerprint density at radius 3 is 2.33 bits per heavy atom. The van der Waals surface area contributed by atoms with Crippen molar-refractivity contribution in [3.63, 3.8) is 0 Å². The smallest absolute Gasteiger partial charge is 0.335 e. The summed E-state index contributed by atoms with van der Waals surface area (Å²) in [4.78, 5) is 35.4. The van der Waals surface area contributed by atoms with Gasteiger partial charge in [-0.25, -0.2) is 9.69 Å². The van der Waals surface area contributed by atoms with Crippen molar-refractivity contribution in [3.8, 4) is 0 Å². The van der Waals surface area contributed by atoms with Crippen LogP contribution >= 0.6 is 15.9 Å². The summed E-state index contributed by atoms with van der Waals surface area (Å²) < 4.78 is 0.422. The number of aromatic carboxylic acids is 1. The first-order valence-electron chi connectivity index (χ1n) is 5.39. The van der Waals surface area contributed by atoms with Gasteiger partial charge in [0.15, 0.2) is 0 Å². The van der Waals surface area contributed by atoms with E-state index in [1.807, 2.05) is 0 Å².